The third-order valence-corrected chi connectivity index (χ3v) is 1.20. The zero-order chi connectivity index (χ0) is 6.95. The molecular formula is C8H12Li2O. The van der Waals surface area contributed by atoms with Crippen molar-refractivity contribution in [3.8, 4) is 5.92 Å². The van der Waals surface area contributed by atoms with Gasteiger partial charge in [0.25, 0.3) is 0 Å². The van der Waals surface area contributed by atoms with Crippen LogP contribution in [0.5, 0.6) is 0 Å². The minimum absolute atomic E-state index is 0. The molecule has 0 atom stereocenters. The van der Waals surface area contributed by atoms with Crippen molar-refractivity contribution in [1.82, 2.24) is 0 Å². The summed E-state index contributed by atoms with van der Waals surface area (Å²) in [4.78, 5) is 0. The Balaban J connectivity index is -0.000000320. The fourth-order valence-electron chi connectivity index (χ4n) is 0.669. The van der Waals surface area contributed by atoms with Gasteiger partial charge in [0.2, 0.25) is 0 Å². The van der Waals surface area contributed by atoms with Gasteiger partial charge in [-0.2, -0.15) is 0 Å². The zero-order valence-corrected chi connectivity index (χ0v) is 7.65. The van der Waals surface area contributed by atoms with Gasteiger partial charge in [0.1, 0.15) is 0 Å². The van der Waals surface area contributed by atoms with E-state index in [2.05, 4.69) is 5.92 Å². The Bertz CT molecular complexity index is 88.6. The van der Waals surface area contributed by atoms with Crippen LogP contribution < -0.4 is 42.8 Å². The molecule has 0 N–H and O–H groups in total. The molecule has 0 heterocycles. The fourth-order valence-corrected chi connectivity index (χ4v) is 0.669. The van der Waals surface area contributed by atoms with E-state index in [-0.39, 0.29) is 44.3 Å². The first-order chi connectivity index (χ1) is 4.41. The third-order valence-electron chi connectivity index (χ3n) is 1.20. The molecular weight excluding hydrogens is 126 g/mol. The van der Waals surface area contributed by atoms with Gasteiger partial charge >= 0.3 is 37.7 Å². The molecule has 52 valence electrons. The van der Waals surface area contributed by atoms with Crippen LogP contribution in [-0.4, -0.2) is 6.61 Å². The van der Waals surface area contributed by atoms with Gasteiger partial charge in [-0.05, 0) is 12.8 Å². The van der Waals surface area contributed by atoms with E-state index in [9.17, 15) is 5.11 Å². The van der Waals surface area contributed by atoms with Crippen molar-refractivity contribution in [2.45, 2.75) is 32.1 Å². The number of hydrogen-bond donors (Lipinski definition) is 0. The predicted molar refractivity (Wildman–Crippen MR) is 35.1 cm³/mol. The van der Waals surface area contributed by atoms with Gasteiger partial charge < -0.3 is 17.5 Å². The summed E-state index contributed by atoms with van der Waals surface area (Å²) in [6, 6.07) is 0. The van der Waals surface area contributed by atoms with Gasteiger partial charge in [0.05, 0.1) is 0 Å². The van der Waals surface area contributed by atoms with Crippen molar-refractivity contribution in [3.63, 3.8) is 0 Å². The third kappa shape index (κ3) is 18.0. The summed E-state index contributed by atoms with van der Waals surface area (Å²) in [5.41, 5.74) is 0. The first-order valence-corrected chi connectivity index (χ1v) is 3.39. The molecule has 0 radical (unpaired) electrons. The van der Waals surface area contributed by atoms with Crippen molar-refractivity contribution >= 4 is 0 Å². The average molecular weight is 138 g/mol. The van der Waals surface area contributed by atoms with E-state index in [1.54, 1.807) is 0 Å². The molecule has 0 rings (SSSR count). The normalized spacial score (nSPS) is 7.27. The Morgan fingerprint density at radius 3 is 2.00 bits per heavy atom. The molecule has 0 bridgehead atoms. The van der Waals surface area contributed by atoms with Crippen LogP contribution in [0, 0.1) is 12.3 Å². The molecule has 1 nitrogen and oxygen atoms in total. The summed E-state index contributed by atoms with van der Waals surface area (Å²) in [6.45, 7) is 0.0499. The SMILES string of the molecule is [C-]#CCCCCCC[O-].[Li+].[Li+]. The molecule has 0 aliphatic carbocycles. The van der Waals surface area contributed by atoms with Crippen molar-refractivity contribution < 1.29 is 42.8 Å². The molecule has 0 saturated carbocycles. The molecule has 0 aromatic heterocycles. The van der Waals surface area contributed by atoms with Crippen LogP contribution in [0.3, 0.4) is 0 Å². The smallest absolute Gasteiger partial charge is 0.854 e. The maximum Gasteiger partial charge on any atom is 1.00 e. The minimum atomic E-state index is 0. The molecule has 0 aromatic carbocycles. The Kier molecular flexibility index (Phi) is 27.4. The standard InChI is InChI=1S/C8H12O.2Li/c1-2-3-4-5-6-7-8-9;;/h3-8H2;;/q-2;2*+1. The van der Waals surface area contributed by atoms with E-state index in [0.29, 0.717) is 0 Å². The molecule has 0 spiro atoms. The van der Waals surface area contributed by atoms with Crippen LogP contribution in [-0.2, 0) is 0 Å². The van der Waals surface area contributed by atoms with E-state index in [0.717, 1.165) is 32.1 Å². The summed E-state index contributed by atoms with van der Waals surface area (Å²) in [7, 11) is 0. The molecule has 0 aliphatic rings. The Morgan fingerprint density at radius 1 is 1.00 bits per heavy atom. The van der Waals surface area contributed by atoms with E-state index >= 15 is 0 Å². The maximum absolute atomic E-state index is 9.91. The molecule has 0 unspecified atom stereocenters. The molecule has 0 amide bonds. The topological polar surface area (TPSA) is 23.1 Å². The number of unbranched alkanes of at least 4 members (excludes halogenated alkanes) is 4. The Labute approximate surface area is 93.7 Å². The van der Waals surface area contributed by atoms with Crippen molar-refractivity contribution in [1.29, 1.82) is 0 Å². The molecule has 11 heavy (non-hydrogen) atoms. The van der Waals surface area contributed by atoms with Gasteiger partial charge in [-0.3, -0.25) is 0 Å². The van der Waals surface area contributed by atoms with Gasteiger partial charge in [-0.25, -0.2) is 0 Å². The second-order valence-electron chi connectivity index (χ2n) is 2.05. The van der Waals surface area contributed by atoms with E-state index in [4.69, 9.17) is 6.42 Å². The van der Waals surface area contributed by atoms with Crippen LogP contribution in [0.15, 0.2) is 0 Å². The molecule has 0 aliphatic heterocycles. The average Bonchev–Trinajstić information content (AvgIpc) is 1.89. The van der Waals surface area contributed by atoms with E-state index in [1.165, 1.54) is 0 Å². The largest absolute Gasteiger partial charge is 1.00 e. The van der Waals surface area contributed by atoms with Crippen LogP contribution >= 0.6 is 0 Å². The second kappa shape index (κ2) is 17.0. The second-order valence-corrected chi connectivity index (χ2v) is 2.05. The number of rotatable bonds is 5. The zero-order valence-electron chi connectivity index (χ0n) is 7.65. The molecule has 3 heteroatoms. The van der Waals surface area contributed by atoms with Gasteiger partial charge in [0, 0.05) is 0 Å². The van der Waals surface area contributed by atoms with Crippen LogP contribution in [0.1, 0.15) is 32.1 Å². The summed E-state index contributed by atoms with van der Waals surface area (Å²) in [5.74, 6) is 2.32. The summed E-state index contributed by atoms with van der Waals surface area (Å²) in [5, 5.41) is 9.91. The molecule has 0 fully saturated rings. The Hall–Kier alpha value is 0.715. The first kappa shape index (κ1) is 17.7. The predicted octanol–water partition coefficient (Wildman–Crippen LogP) is -5.11. The van der Waals surface area contributed by atoms with Gasteiger partial charge in [-0.15, -0.1) is 6.61 Å². The first-order valence-electron chi connectivity index (χ1n) is 3.39. The van der Waals surface area contributed by atoms with Crippen LogP contribution in [0.2, 0.25) is 0 Å². The summed E-state index contributed by atoms with van der Waals surface area (Å²) in [6.07, 6.45) is 11.2. The van der Waals surface area contributed by atoms with Crippen LogP contribution in [0.25, 0.3) is 0 Å². The summed E-state index contributed by atoms with van der Waals surface area (Å²) < 4.78 is 0. The maximum atomic E-state index is 9.91. The van der Waals surface area contributed by atoms with Crippen molar-refractivity contribution in [3.05, 3.63) is 6.42 Å². The van der Waals surface area contributed by atoms with Crippen molar-refractivity contribution in [2.75, 3.05) is 6.61 Å². The summed E-state index contributed by atoms with van der Waals surface area (Å²) >= 11 is 0. The Morgan fingerprint density at radius 2 is 1.55 bits per heavy atom. The van der Waals surface area contributed by atoms with E-state index < -0.39 is 0 Å². The van der Waals surface area contributed by atoms with Crippen molar-refractivity contribution in [2.24, 2.45) is 0 Å². The van der Waals surface area contributed by atoms with Gasteiger partial charge in [0.15, 0.2) is 0 Å². The fraction of sp³-hybridized carbons (Fsp3) is 0.750. The van der Waals surface area contributed by atoms with E-state index in [1.807, 2.05) is 0 Å². The minimum Gasteiger partial charge on any atom is -0.854 e. The molecule has 0 saturated heterocycles. The van der Waals surface area contributed by atoms with Crippen LogP contribution in [0.4, 0.5) is 0 Å². The van der Waals surface area contributed by atoms with Gasteiger partial charge in [-0.1, -0.05) is 19.3 Å². The molecule has 0 aromatic rings. The quantitative estimate of drug-likeness (QED) is 0.161. The monoisotopic (exact) mass is 138 g/mol. The number of hydrogen-bond acceptors (Lipinski definition) is 1.